The molecule has 0 saturated heterocycles. The van der Waals surface area contributed by atoms with Crippen molar-refractivity contribution in [2.75, 3.05) is 0 Å². The predicted octanol–water partition coefficient (Wildman–Crippen LogP) is 3.70. The summed E-state index contributed by atoms with van der Waals surface area (Å²) in [6, 6.07) is 0. The van der Waals surface area contributed by atoms with E-state index >= 15 is 0 Å². The van der Waals surface area contributed by atoms with Crippen LogP contribution in [0, 0.1) is 17.8 Å². The molecule has 2 atom stereocenters. The Morgan fingerprint density at radius 2 is 2.00 bits per heavy atom. The van der Waals surface area contributed by atoms with Crippen LogP contribution in [0.15, 0.2) is 0 Å². The number of hydrogen-bond acceptors (Lipinski definition) is 1. The number of hydrogen-bond donors (Lipinski definition) is 1. The minimum atomic E-state index is -0.566. The zero-order valence-electron chi connectivity index (χ0n) is 10.0. The van der Waals surface area contributed by atoms with Crippen LogP contribution in [-0.2, 0) is 4.79 Å². The number of carbonyl (C=O) groups is 1. The molecule has 2 unspecified atom stereocenters. The van der Waals surface area contributed by atoms with Gasteiger partial charge in [0.1, 0.15) is 0 Å². The first-order valence-corrected chi connectivity index (χ1v) is 6.34. The summed E-state index contributed by atoms with van der Waals surface area (Å²) >= 11 is 0. The second-order valence-electron chi connectivity index (χ2n) is 5.31. The first-order valence-electron chi connectivity index (χ1n) is 6.34. The van der Waals surface area contributed by atoms with E-state index in [1.165, 1.54) is 19.3 Å². The van der Waals surface area contributed by atoms with Crippen LogP contribution in [0.25, 0.3) is 0 Å². The molecule has 0 amide bonds. The van der Waals surface area contributed by atoms with Gasteiger partial charge in [-0.15, -0.1) is 0 Å². The highest BCUT2D eigenvalue weighted by Crippen LogP contribution is 2.33. The van der Waals surface area contributed by atoms with Crippen molar-refractivity contribution in [2.24, 2.45) is 17.8 Å². The van der Waals surface area contributed by atoms with Gasteiger partial charge in [0.25, 0.3) is 0 Å². The predicted molar refractivity (Wildman–Crippen MR) is 61.8 cm³/mol. The Balaban J connectivity index is 2.33. The number of carboxylic acid groups (broad SMARTS) is 1. The number of carboxylic acids is 1. The van der Waals surface area contributed by atoms with Crippen molar-refractivity contribution in [1.82, 2.24) is 0 Å². The third-order valence-corrected chi connectivity index (χ3v) is 3.58. The minimum absolute atomic E-state index is 0.0501. The summed E-state index contributed by atoms with van der Waals surface area (Å²) in [5, 5.41) is 9.12. The Hall–Kier alpha value is -0.530. The molecule has 0 aromatic heterocycles. The van der Waals surface area contributed by atoms with Gasteiger partial charge in [-0.05, 0) is 31.1 Å². The monoisotopic (exact) mass is 212 g/mol. The van der Waals surface area contributed by atoms with Crippen molar-refractivity contribution >= 4 is 5.97 Å². The van der Waals surface area contributed by atoms with E-state index in [9.17, 15) is 4.79 Å². The van der Waals surface area contributed by atoms with Gasteiger partial charge in [0.2, 0.25) is 0 Å². The van der Waals surface area contributed by atoms with E-state index in [-0.39, 0.29) is 5.92 Å². The van der Waals surface area contributed by atoms with Crippen LogP contribution in [0.5, 0.6) is 0 Å². The highest BCUT2D eigenvalue weighted by molar-refractivity contribution is 5.70. The van der Waals surface area contributed by atoms with Crippen LogP contribution in [0.3, 0.4) is 0 Å². The van der Waals surface area contributed by atoms with Crippen molar-refractivity contribution in [2.45, 2.75) is 58.8 Å². The summed E-state index contributed by atoms with van der Waals surface area (Å²) in [7, 11) is 0. The maximum atomic E-state index is 11.1. The van der Waals surface area contributed by atoms with Gasteiger partial charge in [-0.3, -0.25) is 4.79 Å². The molecule has 1 aliphatic carbocycles. The minimum Gasteiger partial charge on any atom is -0.481 e. The number of aliphatic carboxylic acids is 1. The second-order valence-corrected chi connectivity index (χ2v) is 5.31. The molecule has 0 spiro atoms. The van der Waals surface area contributed by atoms with E-state index in [1.807, 2.05) is 0 Å². The standard InChI is InChI=1S/C13H24O2/c1-10(2)6-5-8-11-7-3-4-9-12(11)13(14)15/h10-12H,3-9H2,1-2H3,(H,14,15). The molecule has 1 fully saturated rings. The molecule has 1 saturated carbocycles. The van der Waals surface area contributed by atoms with Crippen molar-refractivity contribution in [3.63, 3.8) is 0 Å². The lowest BCUT2D eigenvalue weighted by Crippen LogP contribution is -2.26. The van der Waals surface area contributed by atoms with Gasteiger partial charge in [-0.25, -0.2) is 0 Å². The molecule has 0 aromatic rings. The molecule has 0 radical (unpaired) electrons. The lowest BCUT2D eigenvalue weighted by molar-refractivity contribution is -0.145. The highest BCUT2D eigenvalue weighted by atomic mass is 16.4. The average molecular weight is 212 g/mol. The zero-order valence-corrected chi connectivity index (χ0v) is 10.0. The number of rotatable bonds is 5. The lowest BCUT2D eigenvalue weighted by atomic mass is 9.76. The third-order valence-electron chi connectivity index (χ3n) is 3.58. The van der Waals surface area contributed by atoms with E-state index in [0.717, 1.165) is 31.6 Å². The van der Waals surface area contributed by atoms with Crippen molar-refractivity contribution in [3.8, 4) is 0 Å². The summed E-state index contributed by atoms with van der Waals surface area (Å²) in [5.74, 6) is 0.585. The summed E-state index contributed by atoms with van der Waals surface area (Å²) in [5.41, 5.74) is 0. The largest absolute Gasteiger partial charge is 0.481 e. The summed E-state index contributed by atoms with van der Waals surface area (Å²) < 4.78 is 0. The van der Waals surface area contributed by atoms with Crippen LogP contribution in [0.4, 0.5) is 0 Å². The molecule has 0 bridgehead atoms. The Morgan fingerprint density at radius 3 is 2.60 bits per heavy atom. The molecule has 0 aliphatic heterocycles. The quantitative estimate of drug-likeness (QED) is 0.754. The maximum absolute atomic E-state index is 11.1. The average Bonchev–Trinajstić information content (AvgIpc) is 2.17. The fraction of sp³-hybridized carbons (Fsp3) is 0.923. The van der Waals surface area contributed by atoms with Gasteiger partial charge < -0.3 is 5.11 Å². The fourth-order valence-corrected chi connectivity index (χ4v) is 2.67. The van der Waals surface area contributed by atoms with Gasteiger partial charge in [0, 0.05) is 0 Å². The Morgan fingerprint density at radius 1 is 1.33 bits per heavy atom. The molecule has 2 heteroatoms. The zero-order chi connectivity index (χ0) is 11.3. The van der Waals surface area contributed by atoms with E-state index in [4.69, 9.17) is 5.11 Å². The smallest absolute Gasteiger partial charge is 0.306 e. The van der Waals surface area contributed by atoms with Crippen LogP contribution in [0.2, 0.25) is 0 Å². The van der Waals surface area contributed by atoms with E-state index in [1.54, 1.807) is 0 Å². The van der Waals surface area contributed by atoms with Crippen molar-refractivity contribution in [3.05, 3.63) is 0 Å². The van der Waals surface area contributed by atoms with Gasteiger partial charge in [-0.1, -0.05) is 39.5 Å². The van der Waals surface area contributed by atoms with Crippen molar-refractivity contribution in [1.29, 1.82) is 0 Å². The van der Waals surface area contributed by atoms with Gasteiger partial charge in [-0.2, -0.15) is 0 Å². The highest BCUT2D eigenvalue weighted by Gasteiger charge is 2.29. The Bertz CT molecular complexity index is 199. The summed E-state index contributed by atoms with van der Waals surface area (Å²) in [6.45, 7) is 4.46. The molecular weight excluding hydrogens is 188 g/mol. The van der Waals surface area contributed by atoms with Crippen LogP contribution >= 0.6 is 0 Å². The third kappa shape index (κ3) is 4.23. The summed E-state index contributed by atoms with van der Waals surface area (Å²) in [6.07, 6.45) is 7.94. The van der Waals surface area contributed by atoms with E-state index in [2.05, 4.69) is 13.8 Å². The molecule has 1 rings (SSSR count). The molecule has 88 valence electrons. The maximum Gasteiger partial charge on any atom is 0.306 e. The normalized spacial score (nSPS) is 26.9. The molecule has 2 nitrogen and oxygen atoms in total. The Labute approximate surface area is 93.1 Å². The topological polar surface area (TPSA) is 37.3 Å². The Kier molecular flexibility index (Phi) is 5.13. The van der Waals surface area contributed by atoms with Gasteiger partial charge in [0.05, 0.1) is 5.92 Å². The van der Waals surface area contributed by atoms with Crippen LogP contribution in [-0.4, -0.2) is 11.1 Å². The molecule has 1 aliphatic rings. The van der Waals surface area contributed by atoms with Gasteiger partial charge >= 0.3 is 5.97 Å². The molecular formula is C13H24O2. The van der Waals surface area contributed by atoms with Crippen molar-refractivity contribution < 1.29 is 9.90 Å². The fourth-order valence-electron chi connectivity index (χ4n) is 2.67. The summed E-state index contributed by atoms with van der Waals surface area (Å²) in [4.78, 5) is 11.1. The first-order chi connectivity index (χ1) is 7.11. The second kappa shape index (κ2) is 6.14. The lowest BCUT2D eigenvalue weighted by Gasteiger charge is -2.28. The van der Waals surface area contributed by atoms with Crippen LogP contribution in [0.1, 0.15) is 58.8 Å². The van der Waals surface area contributed by atoms with Gasteiger partial charge in [0.15, 0.2) is 0 Å². The van der Waals surface area contributed by atoms with Crippen LogP contribution < -0.4 is 0 Å². The first kappa shape index (κ1) is 12.5. The SMILES string of the molecule is CC(C)CCCC1CCCCC1C(=O)O. The molecule has 0 heterocycles. The molecule has 1 N–H and O–H groups in total. The molecule has 0 aromatic carbocycles. The van der Waals surface area contributed by atoms with E-state index in [0.29, 0.717) is 5.92 Å². The molecule has 15 heavy (non-hydrogen) atoms. The van der Waals surface area contributed by atoms with E-state index < -0.39 is 5.97 Å².